The smallest absolute Gasteiger partial charge is 0.0367 e. The van der Waals surface area contributed by atoms with Crippen LogP contribution in [0, 0.1) is 0 Å². The van der Waals surface area contributed by atoms with E-state index in [1.165, 1.54) is 18.8 Å². The molecule has 1 heterocycles. The predicted molar refractivity (Wildman–Crippen MR) is 67.5 cm³/mol. The molecular weight excluding hydrogens is 184 g/mol. The Hall–Kier alpha value is -1.02. The molecule has 1 fully saturated rings. The van der Waals surface area contributed by atoms with Gasteiger partial charge in [-0.25, -0.2) is 0 Å². The van der Waals surface area contributed by atoms with Crippen LogP contribution in [0.3, 0.4) is 0 Å². The summed E-state index contributed by atoms with van der Waals surface area (Å²) in [6.45, 7) is 8.66. The Kier molecular flexibility index (Phi) is 5.19. The van der Waals surface area contributed by atoms with Crippen LogP contribution in [0.25, 0.3) is 0 Å². The Labute approximate surface area is 93.5 Å². The van der Waals surface area contributed by atoms with Gasteiger partial charge in [0.1, 0.15) is 0 Å². The van der Waals surface area contributed by atoms with E-state index >= 15 is 0 Å². The van der Waals surface area contributed by atoms with E-state index in [2.05, 4.69) is 47.2 Å². The van der Waals surface area contributed by atoms with Crippen LogP contribution in [0.15, 0.2) is 30.3 Å². The molecule has 0 unspecified atom stereocenters. The molecule has 1 saturated heterocycles. The van der Waals surface area contributed by atoms with Crippen LogP contribution in [0.1, 0.15) is 13.8 Å². The summed E-state index contributed by atoms with van der Waals surface area (Å²) in [6, 6.07) is 10.7. The van der Waals surface area contributed by atoms with Crippen LogP contribution in [-0.2, 0) is 0 Å². The SMILES string of the molecule is CC.CN1CCN(c2ccccc2)CC1. The number of para-hydroxylation sites is 1. The van der Waals surface area contributed by atoms with Crippen molar-refractivity contribution >= 4 is 5.69 Å². The largest absolute Gasteiger partial charge is 0.369 e. The van der Waals surface area contributed by atoms with Crippen molar-refractivity contribution in [2.45, 2.75) is 13.8 Å². The van der Waals surface area contributed by atoms with E-state index in [9.17, 15) is 0 Å². The van der Waals surface area contributed by atoms with E-state index in [4.69, 9.17) is 0 Å². The van der Waals surface area contributed by atoms with Gasteiger partial charge < -0.3 is 9.80 Å². The normalized spacial score (nSPS) is 16.9. The molecule has 0 N–H and O–H groups in total. The van der Waals surface area contributed by atoms with Crippen LogP contribution >= 0.6 is 0 Å². The van der Waals surface area contributed by atoms with E-state index in [0.717, 1.165) is 13.1 Å². The lowest BCUT2D eigenvalue weighted by molar-refractivity contribution is 0.313. The minimum absolute atomic E-state index is 1.15. The van der Waals surface area contributed by atoms with Gasteiger partial charge in [-0.05, 0) is 19.2 Å². The zero-order valence-electron chi connectivity index (χ0n) is 10.1. The molecule has 2 nitrogen and oxygen atoms in total. The van der Waals surface area contributed by atoms with Gasteiger partial charge in [0.05, 0.1) is 0 Å². The summed E-state index contributed by atoms with van der Waals surface area (Å²) < 4.78 is 0. The summed E-state index contributed by atoms with van der Waals surface area (Å²) in [5, 5.41) is 0. The molecule has 0 saturated carbocycles. The average molecular weight is 206 g/mol. The van der Waals surface area contributed by atoms with Crippen LogP contribution in [0.4, 0.5) is 5.69 Å². The first kappa shape index (κ1) is 12.1. The van der Waals surface area contributed by atoms with Gasteiger partial charge in [0.25, 0.3) is 0 Å². The van der Waals surface area contributed by atoms with E-state index in [1.54, 1.807) is 0 Å². The first-order chi connectivity index (χ1) is 7.36. The molecule has 0 bridgehead atoms. The lowest BCUT2D eigenvalue weighted by Crippen LogP contribution is -2.44. The van der Waals surface area contributed by atoms with Gasteiger partial charge in [-0.1, -0.05) is 32.0 Å². The molecule has 2 rings (SSSR count). The van der Waals surface area contributed by atoms with E-state index in [0.29, 0.717) is 0 Å². The second-order valence-corrected chi connectivity index (χ2v) is 3.63. The van der Waals surface area contributed by atoms with Gasteiger partial charge in [0.15, 0.2) is 0 Å². The van der Waals surface area contributed by atoms with Crippen LogP contribution in [-0.4, -0.2) is 38.1 Å². The third-order valence-corrected chi connectivity index (χ3v) is 2.62. The minimum atomic E-state index is 1.15. The number of piperazine rings is 1. The summed E-state index contributed by atoms with van der Waals surface area (Å²) in [5.41, 5.74) is 1.36. The fourth-order valence-electron chi connectivity index (χ4n) is 1.70. The van der Waals surface area contributed by atoms with Crippen LogP contribution in [0.2, 0.25) is 0 Å². The topological polar surface area (TPSA) is 6.48 Å². The summed E-state index contributed by atoms with van der Waals surface area (Å²) in [6.07, 6.45) is 0. The predicted octanol–water partition coefficient (Wildman–Crippen LogP) is 2.46. The number of anilines is 1. The van der Waals surface area contributed by atoms with Crippen molar-refractivity contribution in [3.63, 3.8) is 0 Å². The number of hydrogen-bond acceptors (Lipinski definition) is 2. The monoisotopic (exact) mass is 206 g/mol. The summed E-state index contributed by atoms with van der Waals surface area (Å²) >= 11 is 0. The van der Waals surface area contributed by atoms with Gasteiger partial charge in [-0.2, -0.15) is 0 Å². The van der Waals surface area contributed by atoms with E-state index < -0.39 is 0 Å². The molecule has 0 spiro atoms. The Morgan fingerprint density at radius 1 is 0.867 bits per heavy atom. The van der Waals surface area contributed by atoms with Crippen molar-refractivity contribution in [1.29, 1.82) is 0 Å². The molecule has 1 aliphatic rings. The highest BCUT2D eigenvalue weighted by molar-refractivity contribution is 5.46. The molecule has 0 aliphatic carbocycles. The molecule has 0 aromatic heterocycles. The van der Waals surface area contributed by atoms with Gasteiger partial charge in [0.2, 0.25) is 0 Å². The number of rotatable bonds is 1. The number of likely N-dealkylation sites (N-methyl/N-ethyl adjacent to an activating group) is 1. The maximum Gasteiger partial charge on any atom is 0.0367 e. The lowest BCUT2D eigenvalue weighted by atomic mass is 10.2. The highest BCUT2D eigenvalue weighted by Crippen LogP contribution is 2.14. The fourth-order valence-corrected chi connectivity index (χ4v) is 1.70. The molecule has 2 heteroatoms. The first-order valence-electron chi connectivity index (χ1n) is 5.85. The molecule has 84 valence electrons. The second kappa shape index (κ2) is 6.46. The number of nitrogens with zero attached hydrogens (tertiary/aromatic N) is 2. The Balaban J connectivity index is 0.000000531. The fraction of sp³-hybridized carbons (Fsp3) is 0.538. The highest BCUT2D eigenvalue weighted by atomic mass is 15.2. The molecule has 0 amide bonds. The molecule has 0 radical (unpaired) electrons. The summed E-state index contributed by atoms with van der Waals surface area (Å²) in [7, 11) is 2.18. The van der Waals surface area contributed by atoms with Crippen molar-refractivity contribution in [2.24, 2.45) is 0 Å². The molecular formula is C13H22N2. The second-order valence-electron chi connectivity index (χ2n) is 3.63. The van der Waals surface area contributed by atoms with Crippen LogP contribution in [0.5, 0.6) is 0 Å². The van der Waals surface area contributed by atoms with Crippen molar-refractivity contribution < 1.29 is 0 Å². The third-order valence-electron chi connectivity index (χ3n) is 2.62. The number of benzene rings is 1. The van der Waals surface area contributed by atoms with Gasteiger partial charge in [-0.15, -0.1) is 0 Å². The Morgan fingerprint density at radius 2 is 1.40 bits per heavy atom. The van der Waals surface area contributed by atoms with E-state index in [-0.39, 0.29) is 0 Å². The van der Waals surface area contributed by atoms with E-state index in [1.807, 2.05) is 13.8 Å². The maximum atomic E-state index is 2.44. The van der Waals surface area contributed by atoms with Crippen molar-refractivity contribution in [3.05, 3.63) is 30.3 Å². The molecule has 1 aliphatic heterocycles. The first-order valence-corrected chi connectivity index (χ1v) is 5.85. The standard InChI is InChI=1S/C11H16N2.C2H6/c1-12-7-9-13(10-8-12)11-5-3-2-4-6-11;1-2/h2-6H,7-10H2,1H3;1-2H3. The van der Waals surface area contributed by atoms with Crippen molar-refractivity contribution in [3.8, 4) is 0 Å². The minimum Gasteiger partial charge on any atom is -0.369 e. The van der Waals surface area contributed by atoms with Crippen molar-refractivity contribution in [1.82, 2.24) is 4.90 Å². The van der Waals surface area contributed by atoms with Crippen LogP contribution < -0.4 is 4.90 Å². The molecule has 0 atom stereocenters. The number of hydrogen-bond donors (Lipinski definition) is 0. The zero-order valence-corrected chi connectivity index (χ0v) is 10.1. The Morgan fingerprint density at radius 3 is 1.93 bits per heavy atom. The zero-order chi connectivity index (χ0) is 11.1. The highest BCUT2D eigenvalue weighted by Gasteiger charge is 2.13. The quantitative estimate of drug-likeness (QED) is 0.696. The van der Waals surface area contributed by atoms with Crippen molar-refractivity contribution in [2.75, 3.05) is 38.1 Å². The summed E-state index contributed by atoms with van der Waals surface area (Å²) in [5.74, 6) is 0. The van der Waals surface area contributed by atoms with Gasteiger partial charge in [-0.3, -0.25) is 0 Å². The maximum absolute atomic E-state index is 2.44. The average Bonchev–Trinajstić information content (AvgIpc) is 2.34. The summed E-state index contributed by atoms with van der Waals surface area (Å²) in [4.78, 5) is 4.82. The molecule has 15 heavy (non-hydrogen) atoms. The lowest BCUT2D eigenvalue weighted by Gasteiger charge is -2.33. The molecule has 1 aromatic rings. The van der Waals surface area contributed by atoms with Gasteiger partial charge in [0, 0.05) is 31.9 Å². The third kappa shape index (κ3) is 3.56. The van der Waals surface area contributed by atoms with Gasteiger partial charge >= 0.3 is 0 Å². The molecule has 1 aromatic carbocycles. The Bertz CT molecular complexity index is 250.